The number of anilines is 1. The van der Waals surface area contributed by atoms with Crippen molar-refractivity contribution in [3.05, 3.63) is 102 Å². The molecular formula is C23H18N4O2. The van der Waals surface area contributed by atoms with E-state index in [1.54, 1.807) is 18.3 Å². The highest BCUT2D eigenvalue weighted by atomic mass is 16.2. The Morgan fingerprint density at radius 3 is 2.48 bits per heavy atom. The van der Waals surface area contributed by atoms with Crippen molar-refractivity contribution in [2.75, 3.05) is 5.32 Å². The predicted octanol–water partition coefficient (Wildman–Crippen LogP) is 3.81. The topological polar surface area (TPSA) is 84.0 Å². The maximum absolute atomic E-state index is 12.7. The van der Waals surface area contributed by atoms with E-state index in [0.29, 0.717) is 23.3 Å². The summed E-state index contributed by atoms with van der Waals surface area (Å²) in [5.41, 5.74) is 2.83. The molecule has 4 rings (SSSR count). The normalized spacial score (nSPS) is 10.5. The van der Waals surface area contributed by atoms with Crippen molar-refractivity contribution >= 4 is 28.4 Å². The van der Waals surface area contributed by atoms with Crippen molar-refractivity contribution in [2.45, 2.75) is 6.54 Å². The van der Waals surface area contributed by atoms with Gasteiger partial charge >= 0.3 is 0 Å². The highest BCUT2D eigenvalue weighted by Crippen LogP contribution is 2.21. The fourth-order valence-corrected chi connectivity index (χ4v) is 2.96. The number of para-hydroxylation sites is 1. The van der Waals surface area contributed by atoms with Crippen molar-refractivity contribution < 1.29 is 9.59 Å². The Morgan fingerprint density at radius 1 is 0.793 bits per heavy atom. The summed E-state index contributed by atoms with van der Waals surface area (Å²) in [6.45, 7) is 0.388. The number of pyridine rings is 2. The van der Waals surface area contributed by atoms with Crippen LogP contribution in [0.25, 0.3) is 10.9 Å². The van der Waals surface area contributed by atoms with Crippen molar-refractivity contribution in [3.8, 4) is 0 Å². The average molecular weight is 382 g/mol. The molecule has 2 N–H and O–H groups in total. The van der Waals surface area contributed by atoms with Crippen molar-refractivity contribution in [3.63, 3.8) is 0 Å². The van der Waals surface area contributed by atoms with Crippen molar-refractivity contribution in [1.29, 1.82) is 0 Å². The first kappa shape index (κ1) is 18.3. The molecule has 2 amide bonds. The number of nitrogens with one attached hydrogen (secondary N) is 2. The number of carbonyl (C=O) groups excluding carboxylic acids is 2. The van der Waals surface area contributed by atoms with Crippen LogP contribution in [-0.2, 0) is 6.54 Å². The summed E-state index contributed by atoms with van der Waals surface area (Å²) in [5.74, 6) is -0.669. The van der Waals surface area contributed by atoms with Gasteiger partial charge in [-0.25, -0.2) is 0 Å². The van der Waals surface area contributed by atoms with Crippen LogP contribution in [0.15, 0.2) is 85.2 Å². The number of hydrogen-bond acceptors (Lipinski definition) is 4. The molecule has 0 aliphatic heterocycles. The van der Waals surface area contributed by atoms with Gasteiger partial charge in [0.05, 0.1) is 11.2 Å². The molecule has 0 bridgehead atoms. The summed E-state index contributed by atoms with van der Waals surface area (Å²) in [7, 11) is 0. The van der Waals surface area contributed by atoms with Crippen LogP contribution in [0.3, 0.4) is 0 Å². The molecular weight excluding hydrogens is 364 g/mol. The number of amides is 2. The lowest BCUT2D eigenvalue weighted by molar-refractivity contribution is 0.0946. The van der Waals surface area contributed by atoms with E-state index in [-0.39, 0.29) is 17.5 Å². The molecule has 6 heteroatoms. The Balaban J connectivity index is 1.49. The molecule has 0 saturated carbocycles. The third-order valence-electron chi connectivity index (χ3n) is 4.43. The molecule has 4 aromatic rings. The SMILES string of the molecule is O=C(Nc1cccc2cccnc12)c1ccnc(C(=O)NCc2ccccc2)c1. The van der Waals surface area contributed by atoms with Crippen LogP contribution in [0, 0.1) is 0 Å². The number of carbonyl (C=O) groups is 2. The van der Waals surface area contributed by atoms with Gasteiger partial charge in [-0.2, -0.15) is 0 Å². The molecule has 0 atom stereocenters. The lowest BCUT2D eigenvalue weighted by atomic mass is 10.1. The summed E-state index contributed by atoms with van der Waals surface area (Å²) in [6, 6.07) is 22.0. The first-order valence-corrected chi connectivity index (χ1v) is 9.14. The molecule has 2 heterocycles. The van der Waals surface area contributed by atoms with Crippen LogP contribution in [0.1, 0.15) is 26.4 Å². The van der Waals surface area contributed by atoms with Crippen LogP contribution < -0.4 is 10.6 Å². The zero-order valence-electron chi connectivity index (χ0n) is 15.5. The lowest BCUT2D eigenvalue weighted by Crippen LogP contribution is -2.24. The summed E-state index contributed by atoms with van der Waals surface area (Å²) in [4.78, 5) is 33.5. The Kier molecular flexibility index (Phi) is 5.25. The molecule has 29 heavy (non-hydrogen) atoms. The van der Waals surface area contributed by atoms with E-state index in [4.69, 9.17) is 0 Å². The zero-order chi connectivity index (χ0) is 20.1. The summed E-state index contributed by atoms with van der Waals surface area (Å²) < 4.78 is 0. The largest absolute Gasteiger partial charge is 0.347 e. The number of aromatic nitrogens is 2. The Morgan fingerprint density at radius 2 is 1.62 bits per heavy atom. The molecule has 0 saturated heterocycles. The zero-order valence-corrected chi connectivity index (χ0v) is 15.5. The van der Waals surface area contributed by atoms with Gasteiger partial charge in [-0.05, 0) is 29.8 Å². The fraction of sp³-hybridized carbons (Fsp3) is 0.0435. The summed E-state index contributed by atoms with van der Waals surface area (Å²) in [5, 5.41) is 6.61. The number of benzene rings is 2. The quantitative estimate of drug-likeness (QED) is 0.550. The van der Waals surface area contributed by atoms with Gasteiger partial charge in [0.25, 0.3) is 11.8 Å². The summed E-state index contributed by atoms with van der Waals surface area (Å²) >= 11 is 0. The van der Waals surface area contributed by atoms with Crippen LogP contribution in [0.4, 0.5) is 5.69 Å². The van der Waals surface area contributed by atoms with Crippen molar-refractivity contribution in [2.24, 2.45) is 0 Å². The molecule has 0 radical (unpaired) electrons. The lowest BCUT2D eigenvalue weighted by Gasteiger charge is -2.09. The second-order valence-electron chi connectivity index (χ2n) is 6.43. The van der Waals surface area contributed by atoms with Gasteiger partial charge in [0.15, 0.2) is 0 Å². The highest BCUT2D eigenvalue weighted by molar-refractivity contribution is 6.09. The maximum Gasteiger partial charge on any atom is 0.270 e. The minimum atomic E-state index is -0.338. The van der Waals surface area contributed by atoms with Gasteiger partial charge in [-0.15, -0.1) is 0 Å². The molecule has 0 spiro atoms. The summed E-state index contributed by atoms with van der Waals surface area (Å²) in [6.07, 6.45) is 3.13. The second kappa shape index (κ2) is 8.31. The number of rotatable bonds is 5. The maximum atomic E-state index is 12.7. The number of hydrogen-bond donors (Lipinski definition) is 2. The van der Waals surface area contributed by atoms with Crippen LogP contribution >= 0.6 is 0 Å². The Labute approximate surface area is 167 Å². The van der Waals surface area contributed by atoms with E-state index in [1.165, 1.54) is 12.3 Å². The first-order valence-electron chi connectivity index (χ1n) is 9.14. The minimum Gasteiger partial charge on any atom is -0.347 e. The third-order valence-corrected chi connectivity index (χ3v) is 4.43. The van der Waals surface area contributed by atoms with E-state index in [1.807, 2.05) is 54.6 Å². The fourth-order valence-electron chi connectivity index (χ4n) is 2.96. The third kappa shape index (κ3) is 4.27. The smallest absolute Gasteiger partial charge is 0.270 e. The highest BCUT2D eigenvalue weighted by Gasteiger charge is 2.13. The van der Waals surface area contributed by atoms with E-state index in [0.717, 1.165) is 10.9 Å². The standard InChI is InChI=1S/C23H18N4O2/c28-22(27-19-10-4-8-17-9-5-12-25-21(17)19)18-11-13-24-20(14-18)23(29)26-15-16-6-2-1-3-7-16/h1-14H,15H2,(H,26,29)(H,27,28). The Bertz CT molecular complexity index is 1170. The van der Waals surface area contributed by atoms with E-state index in [9.17, 15) is 9.59 Å². The van der Waals surface area contributed by atoms with Crippen LogP contribution in [0.2, 0.25) is 0 Å². The first-order chi connectivity index (χ1) is 14.2. The molecule has 0 unspecified atom stereocenters. The van der Waals surface area contributed by atoms with Gasteiger partial charge < -0.3 is 10.6 Å². The van der Waals surface area contributed by atoms with Gasteiger partial charge in [-0.3, -0.25) is 19.6 Å². The second-order valence-corrected chi connectivity index (χ2v) is 6.43. The molecule has 0 fully saturated rings. The monoisotopic (exact) mass is 382 g/mol. The Hall–Kier alpha value is -4.06. The van der Waals surface area contributed by atoms with E-state index < -0.39 is 0 Å². The van der Waals surface area contributed by atoms with Crippen LogP contribution in [-0.4, -0.2) is 21.8 Å². The van der Waals surface area contributed by atoms with E-state index >= 15 is 0 Å². The number of nitrogens with zero attached hydrogens (tertiary/aromatic N) is 2. The minimum absolute atomic E-state index is 0.185. The molecule has 2 aromatic carbocycles. The molecule has 6 nitrogen and oxygen atoms in total. The van der Waals surface area contributed by atoms with Crippen LogP contribution in [0.5, 0.6) is 0 Å². The van der Waals surface area contributed by atoms with Crippen molar-refractivity contribution in [1.82, 2.24) is 15.3 Å². The average Bonchev–Trinajstić information content (AvgIpc) is 2.78. The van der Waals surface area contributed by atoms with Gasteiger partial charge in [0.2, 0.25) is 0 Å². The molecule has 142 valence electrons. The van der Waals surface area contributed by atoms with Gasteiger partial charge in [-0.1, -0.05) is 48.5 Å². The molecule has 0 aliphatic rings. The predicted molar refractivity (Wildman–Crippen MR) is 112 cm³/mol. The number of fused-ring (bicyclic) bond motifs is 1. The molecule has 2 aromatic heterocycles. The van der Waals surface area contributed by atoms with Gasteiger partial charge in [0, 0.05) is 29.9 Å². The van der Waals surface area contributed by atoms with Gasteiger partial charge in [0.1, 0.15) is 5.69 Å². The molecule has 0 aliphatic carbocycles. The van der Waals surface area contributed by atoms with E-state index in [2.05, 4.69) is 20.6 Å².